The van der Waals surface area contributed by atoms with Gasteiger partial charge < -0.3 is 4.74 Å². The van der Waals surface area contributed by atoms with Gasteiger partial charge in [-0.1, -0.05) is 25.5 Å². The fourth-order valence-corrected chi connectivity index (χ4v) is 5.37. The first-order chi connectivity index (χ1) is 13.5. The van der Waals surface area contributed by atoms with Crippen LogP contribution in [0, 0.1) is 29.4 Å². The van der Waals surface area contributed by atoms with Crippen LogP contribution in [0.15, 0.2) is 36.4 Å². The van der Waals surface area contributed by atoms with Gasteiger partial charge in [0.05, 0.1) is 0 Å². The Morgan fingerprint density at radius 2 is 1.75 bits per heavy atom. The molecule has 2 fully saturated rings. The Hall–Kier alpha value is -1.90. The van der Waals surface area contributed by atoms with E-state index in [1.807, 2.05) is 19.1 Å². The molecule has 150 valence electrons. The maximum atomic E-state index is 15.0. The molecule has 0 radical (unpaired) electrons. The standard InChI is InChI=1S/C25H30F2O/c1-3-4-9-28-21-12-20-13-24(26)22(15-23(20)25(27)14-21)19-8-7-17-10-16(2)5-6-18(17)11-19/h3-4,12-19H,5-11H2,1-2H3. The molecule has 2 saturated carbocycles. The van der Waals surface area contributed by atoms with Gasteiger partial charge in [-0.15, -0.1) is 0 Å². The van der Waals surface area contributed by atoms with Crippen LogP contribution in [0.25, 0.3) is 10.8 Å². The molecule has 28 heavy (non-hydrogen) atoms. The number of hydrogen-bond acceptors (Lipinski definition) is 1. The van der Waals surface area contributed by atoms with Crippen LogP contribution in [0.3, 0.4) is 0 Å². The number of ether oxygens (including phenoxy) is 1. The highest BCUT2D eigenvalue weighted by atomic mass is 19.1. The molecule has 0 heterocycles. The average molecular weight is 385 g/mol. The second kappa shape index (κ2) is 8.23. The van der Waals surface area contributed by atoms with E-state index in [4.69, 9.17) is 4.74 Å². The molecule has 3 heteroatoms. The molecule has 0 spiro atoms. The van der Waals surface area contributed by atoms with Gasteiger partial charge in [-0.05, 0) is 91.8 Å². The maximum absolute atomic E-state index is 15.0. The van der Waals surface area contributed by atoms with Crippen LogP contribution in [0.1, 0.15) is 63.9 Å². The third-order valence-electron chi connectivity index (χ3n) is 6.89. The Morgan fingerprint density at radius 1 is 0.964 bits per heavy atom. The Kier molecular flexibility index (Phi) is 5.70. The predicted molar refractivity (Wildman–Crippen MR) is 111 cm³/mol. The Labute approximate surface area is 166 Å². The monoisotopic (exact) mass is 384 g/mol. The van der Waals surface area contributed by atoms with E-state index in [2.05, 4.69) is 6.92 Å². The summed E-state index contributed by atoms with van der Waals surface area (Å²) in [5.74, 6) is 2.44. The van der Waals surface area contributed by atoms with Gasteiger partial charge in [-0.3, -0.25) is 0 Å². The summed E-state index contributed by atoms with van der Waals surface area (Å²) in [6.45, 7) is 4.64. The fourth-order valence-electron chi connectivity index (χ4n) is 5.37. The van der Waals surface area contributed by atoms with Crippen LogP contribution in [-0.4, -0.2) is 6.61 Å². The minimum absolute atomic E-state index is 0.204. The molecule has 0 aliphatic heterocycles. The molecule has 0 saturated heterocycles. The molecule has 1 nitrogen and oxygen atoms in total. The first-order valence-corrected chi connectivity index (χ1v) is 10.7. The second-order valence-electron chi connectivity index (χ2n) is 8.83. The van der Waals surface area contributed by atoms with Gasteiger partial charge in [-0.25, -0.2) is 8.78 Å². The van der Waals surface area contributed by atoms with Gasteiger partial charge in [0, 0.05) is 11.5 Å². The van der Waals surface area contributed by atoms with Crippen molar-refractivity contribution in [2.24, 2.45) is 17.8 Å². The van der Waals surface area contributed by atoms with E-state index in [-0.39, 0.29) is 17.6 Å². The fraction of sp³-hybridized carbons (Fsp3) is 0.520. The third kappa shape index (κ3) is 3.94. The third-order valence-corrected chi connectivity index (χ3v) is 6.89. The summed E-state index contributed by atoms with van der Waals surface area (Å²) in [6, 6.07) is 6.39. The van der Waals surface area contributed by atoms with Gasteiger partial charge in [0.2, 0.25) is 0 Å². The summed E-state index contributed by atoms with van der Waals surface area (Å²) in [7, 11) is 0. The molecule has 4 unspecified atom stereocenters. The molecule has 4 rings (SSSR count). The van der Waals surface area contributed by atoms with E-state index >= 15 is 0 Å². The molecule has 2 aliphatic carbocycles. The zero-order valence-corrected chi connectivity index (χ0v) is 16.9. The van der Waals surface area contributed by atoms with Crippen molar-refractivity contribution in [1.82, 2.24) is 0 Å². The van der Waals surface area contributed by atoms with E-state index in [0.717, 1.165) is 24.7 Å². The highest BCUT2D eigenvalue weighted by Crippen LogP contribution is 2.48. The van der Waals surface area contributed by atoms with Crippen molar-refractivity contribution in [2.45, 2.75) is 58.3 Å². The molecule has 0 bridgehead atoms. The van der Waals surface area contributed by atoms with Gasteiger partial charge >= 0.3 is 0 Å². The lowest BCUT2D eigenvalue weighted by molar-refractivity contribution is 0.124. The Morgan fingerprint density at radius 3 is 2.57 bits per heavy atom. The molecule has 0 N–H and O–H groups in total. The first kappa shape index (κ1) is 19.4. The first-order valence-electron chi connectivity index (χ1n) is 10.7. The number of rotatable bonds is 4. The second-order valence-corrected chi connectivity index (χ2v) is 8.83. The lowest BCUT2D eigenvalue weighted by Gasteiger charge is -2.41. The van der Waals surface area contributed by atoms with E-state index in [9.17, 15) is 8.78 Å². The summed E-state index contributed by atoms with van der Waals surface area (Å²) in [6.07, 6.45) is 10.9. The number of halogens is 2. The topological polar surface area (TPSA) is 9.23 Å². The largest absolute Gasteiger partial charge is 0.489 e. The van der Waals surface area contributed by atoms with Gasteiger partial charge in [0.1, 0.15) is 24.0 Å². The van der Waals surface area contributed by atoms with E-state index < -0.39 is 0 Å². The summed E-state index contributed by atoms with van der Waals surface area (Å²) < 4.78 is 35.3. The van der Waals surface area contributed by atoms with Crippen molar-refractivity contribution in [2.75, 3.05) is 6.61 Å². The SMILES string of the molecule is CC=CCOc1cc(F)c2cc(C3CCC4CC(C)CCC4C3)c(F)cc2c1. The smallest absolute Gasteiger partial charge is 0.134 e. The predicted octanol–water partition coefficient (Wildman–Crippen LogP) is 7.39. The zero-order chi connectivity index (χ0) is 19.7. The van der Waals surface area contributed by atoms with Crippen LogP contribution in [0.5, 0.6) is 5.75 Å². The van der Waals surface area contributed by atoms with Gasteiger partial charge in [0.25, 0.3) is 0 Å². The number of benzene rings is 2. The molecule has 2 aromatic carbocycles. The quantitative estimate of drug-likeness (QED) is 0.499. The average Bonchev–Trinajstić information content (AvgIpc) is 2.67. The maximum Gasteiger partial charge on any atom is 0.134 e. The van der Waals surface area contributed by atoms with Crippen LogP contribution in [-0.2, 0) is 0 Å². The number of fused-ring (bicyclic) bond motifs is 2. The summed E-state index contributed by atoms with van der Waals surface area (Å²) >= 11 is 0. The lowest BCUT2D eigenvalue weighted by Crippen LogP contribution is -2.29. The van der Waals surface area contributed by atoms with Crippen molar-refractivity contribution in [3.63, 3.8) is 0 Å². The highest BCUT2D eigenvalue weighted by molar-refractivity contribution is 5.85. The number of hydrogen-bond donors (Lipinski definition) is 0. The molecular formula is C25H30F2O. The van der Waals surface area contributed by atoms with Crippen LogP contribution in [0.2, 0.25) is 0 Å². The Balaban J connectivity index is 1.59. The van der Waals surface area contributed by atoms with E-state index in [0.29, 0.717) is 34.6 Å². The van der Waals surface area contributed by atoms with Crippen molar-refractivity contribution in [3.8, 4) is 5.75 Å². The summed E-state index contributed by atoms with van der Waals surface area (Å²) in [5, 5.41) is 1.06. The molecule has 4 atom stereocenters. The van der Waals surface area contributed by atoms with Crippen molar-refractivity contribution in [3.05, 3.63) is 53.6 Å². The minimum atomic E-state index is -0.339. The van der Waals surface area contributed by atoms with Crippen LogP contribution >= 0.6 is 0 Å². The molecule has 2 aliphatic rings. The van der Waals surface area contributed by atoms with E-state index in [1.165, 1.54) is 37.8 Å². The summed E-state index contributed by atoms with van der Waals surface area (Å²) in [5.41, 5.74) is 0.700. The normalized spacial score (nSPS) is 27.9. The number of allylic oxidation sites excluding steroid dienone is 1. The summed E-state index contributed by atoms with van der Waals surface area (Å²) in [4.78, 5) is 0. The molecular weight excluding hydrogens is 354 g/mol. The van der Waals surface area contributed by atoms with Crippen molar-refractivity contribution >= 4 is 10.8 Å². The van der Waals surface area contributed by atoms with Gasteiger partial charge in [-0.2, -0.15) is 0 Å². The van der Waals surface area contributed by atoms with Crippen LogP contribution < -0.4 is 4.74 Å². The molecule has 2 aromatic rings. The minimum Gasteiger partial charge on any atom is -0.489 e. The van der Waals surface area contributed by atoms with Crippen LogP contribution in [0.4, 0.5) is 8.78 Å². The molecule has 0 aromatic heterocycles. The van der Waals surface area contributed by atoms with Crippen molar-refractivity contribution < 1.29 is 13.5 Å². The van der Waals surface area contributed by atoms with E-state index in [1.54, 1.807) is 12.1 Å². The highest BCUT2D eigenvalue weighted by Gasteiger charge is 2.35. The lowest BCUT2D eigenvalue weighted by atomic mass is 9.64. The molecule has 0 amide bonds. The van der Waals surface area contributed by atoms with Gasteiger partial charge in [0.15, 0.2) is 0 Å². The van der Waals surface area contributed by atoms with Crippen molar-refractivity contribution in [1.29, 1.82) is 0 Å². The zero-order valence-electron chi connectivity index (χ0n) is 16.9. The Bertz CT molecular complexity index is 872.